The number of hydrogen-bond donors (Lipinski definition) is 2. The Morgan fingerprint density at radius 1 is 1.09 bits per heavy atom. The Bertz CT molecular complexity index is 799. The van der Waals surface area contributed by atoms with Crippen molar-refractivity contribution < 1.29 is 32.6 Å². The fourth-order valence-corrected chi connectivity index (χ4v) is 3.63. The summed E-state index contributed by atoms with van der Waals surface area (Å²) >= 11 is 0. The van der Waals surface area contributed by atoms with Crippen LogP contribution in [0.4, 0.5) is 13.6 Å². The lowest BCUT2D eigenvalue weighted by Gasteiger charge is -2.21. The van der Waals surface area contributed by atoms with Crippen LogP contribution in [0.2, 0.25) is 0 Å². The van der Waals surface area contributed by atoms with Crippen molar-refractivity contribution in [3.63, 3.8) is 0 Å². The van der Waals surface area contributed by atoms with Gasteiger partial charge in [0.1, 0.15) is 12.2 Å². The highest BCUT2D eigenvalue weighted by atomic mass is 19.1. The Morgan fingerprint density at radius 3 is 2.33 bits per heavy atom. The van der Waals surface area contributed by atoms with E-state index in [1.165, 1.54) is 6.07 Å². The highest BCUT2D eigenvalue weighted by Gasteiger charge is 2.28. The molecule has 1 atom stereocenters. The molecular formula is C24H34F2N2O5. The van der Waals surface area contributed by atoms with Crippen molar-refractivity contribution >= 4 is 17.8 Å². The predicted octanol–water partition coefficient (Wildman–Crippen LogP) is 4.28. The monoisotopic (exact) mass is 468 g/mol. The molecule has 7 nitrogen and oxygen atoms in total. The maximum absolute atomic E-state index is 13.8. The molecule has 0 heterocycles. The van der Waals surface area contributed by atoms with Crippen molar-refractivity contribution in [2.45, 2.75) is 77.4 Å². The van der Waals surface area contributed by atoms with Gasteiger partial charge in [-0.3, -0.25) is 9.59 Å². The second-order valence-electron chi connectivity index (χ2n) is 9.27. The van der Waals surface area contributed by atoms with Gasteiger partial charge in [-0.05, 0) is 65.0 Å². The Balaban J connectivity index is 1.88. The summed E-state index contributed by atoms with van der Waals surface area (Å²) in [7, 11) is 0. The summed E-state index contributed by atoms with van der Waals surface area (Å²) in [6.45, 7) is 5.09. The van der Waals surface area contributed by atoms with Crippen LogP contribution in [0, 0.1) is 17.6 Å². The first-order valence-electron chi connectivity index (χ1n) is 11.4. The van der Waals surface area contributed by atoms with Gasteiger partial charge < -0.3 is 20.1 Å². The number of hydrogen-bond acceptors (Lipinski definition) is 5. The molecule has 184 valence electrons. The fourth-order valence-electron chi connectivity index (χ4n) is 3.63. The first-order valence-corrected chi connectivity index (χ1v) is 11.4. The molecule has 1 aliphatic carbocycles. The predicted molar refractivity (Wildman–Crippen MR) is 119 cm³/mol. The zero-order valence-corrected chi connectivity index (χ0v) is 19.5. The molecule has 1 aromatic rings. The summed E-state index contributed by atoms with van der Waals surface area (Å²) in [5.41, 5.74) is -0.593. The van der Waals surface area contributed by atoms with Gasteiger partial charge >= 0.3 is 6.09 Å². The molecule has 1 aliphatic rings. The molecule has 0 radical (unpaired) electrons. The first kappa shape index (κ1) is 26.5. The van der Waals surface area contributed by atoms with E-state index >= 15 is 0 Å². The molecule has 0 unspecified atom stereocenters. The fraction of sp³-hybridized carbons (Fsp3) is 0.625. The molecule has 0 aliphatic heterocycles. The van der Waals surface area contributed by atoms with E-state index in [-0.39, 0.29) is 11.8 Å². The molecular weight excluding hydrogens is 434 g/mol. The van der Waals surface area contributed by atoms with E-state index in [1.54, 1.807) is 20.8 Å². The van der Waals surface area contributed by atoms with Gasteiger partial charge in [0.05, 0.1) is 6.04 Å². The lowest BCUT2D eigenvalue weighted by Crippen LogP contribution is -2.45. The molecule has 1 aromatic carbocycles. The number of ketones is 1. The van der Waals surface area contributed by atoms with Crippen LogP contribution in [0.1, 0.15) is 65.7 Å². The van der Waals surface area contributed by atoms with Crippen LogP contribution in [-0.2, 0) is 14.3 Å². The van der Waals surface area contributed by atoms with Crippen LogP contribution in [-0.4, -0.2) is 42.6 Å². The average molecular weight is 469 g/mol. The number of carbonyl (C=O) groups excluding carboxylic acids is 3. The summed E-state index contributed by atoms with van der Waals surface area (Å²) in [5.74, 6) is -3.20. The summed E-state index contributed by atoms with van der Waals surface area (Å²) in [6.07, 6.45) is 4.40. The van der Waals surface area contributed by atoms with Crippen LogP contribution >= 0.6 is 0 Å². The normalized spacial score (nSPS) is 15.1. The molecule has 2 amide bonds. The molecule has 1 fully saturated rings. The summed E-state index contributed by atoms with van der Waals surface area (Å²) < 4.78 is 37.8. The molecule has 2 N–H and O–H groups in total. The molecule has 0 saturated heterocycles. The molecule has 0 spiro atoms. The van der Waals surface area contributed by atoms with E-state index in [0.29, 0.717) is 25.8 Å². The summed E-state index contributed by atoms with van der Waals surface area (Å²) in [5, 5.41) is 5.43. The van der Waals surface area contributed by atoms with E-state index in [0.717, 1.165) is 37.8 Å². The Morgan fingerprint density at radius 2 is 1.73 bits per heavy atom. The van der Waals surface area contributed by atoms with Gasteiger partial charge in [0, 0.05) is 12.5 Å². The van der Waals surface area contributed by atoms with Crippen LogP contribution in [0.5, 0.6) is 5.75 Å². The number of benzene rings is 1. The average Bonchev–Trinajstić information content (AvgIpc) is 3.25. The van der Waals surface area contributed by atoms with Crippen molar-refractivity contribution in [3.05, 3.63) is 29.8 Å². The molecule has 0 bridgehead atoms. The van der Waals surface area contributed by atoms with Gasteiger partial charge in [-0.25, -0.2) is 13.6 Å². The van der Waals surface area contributed by atoms with Crippen molar-refractivity contribution in [3.8, 4) is 5.75 Å². The van der Waals surface area contributed by atoms with Crippen molar-refractivity contribution in [1.82, 2.24) is 10.6 Å². The zero-order valence-electron chi connectivity index (χ0n) is 19.5. The minimum atomic E-state index is -0.900. The van der Waals surface area contributed by atoms with E-state index in [1.807, 2.05) is 0 Å². The minimum absolute atomic E-state index is 0.126. The number of para-hydroxylation sites is 1. The van der Waals surface area contributed by atoms with Gasteiger partial charge in [-0.1, -0.05) is 18.9 Å². The van der Waals surface area contributed by atoms with Gasteiger partial charge in [0.25, 0.3) is 0 Å². The highest BCUT2D eigenvalue weighted by Crippen LogP contribution is 2.25. The lowest BCUT2D eigenvalue weighted by atomic mass is 10.0. The number of nitrogens with one attached hydrogen (secondary N) is 2. The molecule has 9 heteroatoms. The number of ether oxygens (including phenoxy) is 2. The van der Waals surface area contributed by atoms with Crippen molar-refractivity contribution in [2.75, 3.05) is 13.2 Å². The van der Waals surface area contributed by atoms with E-state index in [2.05, 4.69) is 10.6 Å². The maximum Gasteiger partial charge on any atom is 0.407 e. The molecule has 2 rings (SSSR count). The number of carbonyl (C=O) groups is 3. The SMILES string of the molecule is CC(C)(C)OC(=O)NCCCC[C@H](NC(=O)C1CCCC1)C(=O)COc1c(F)cccc1F. The Hall–Kier alpha value is -2.71. The first-order chi connectivity index (χ1) is 15.6. The second kappa shape index (κ2) is 12.5. The lowest BCUT2D eigenvalue weighted by molar-refractivity contribution is -0.131. The van der Waals surface area contributed by atoms with Crippen LogP contribution < -0.4 is 15.4 Å². The molecule has 33 heavy (non-hydrogen) atoms. The van der Waals surface area contributed by atoms with Gasteiger partial charge in [-0.2, -0.15) is 0 Å². The van der Waals surface area contributed by atoms with Gasteiger partial charge in [0.2, 0.25) is 5.91 Å². The van der Waals surface area contributed by atoms with Crippen LogP contribution in [0.3, 0.4) is 0 Å². The highest BCUT2D eigenvalue weighted by molar-refractivity contribution is 5.90. The smallest absolute Gasteiger partial charge is 0.407 e. The zero-order chi connectivity index (χ0) is 24.4. The minimum Gasteiger partial charge on any atom is -0.480 e. The number of alkyl carbamates (subject to hydrolysis) is 1. The van der Waals surface area contributed by atoms with Gasteiger partial charge in [-0.15, -0.1) is 0 Å². The largest absolute Gasteiger partial charge is 0.480 e. The standard InChI is InChI=1S/C24H34F2N2O5/c1-24(2,3)33-23(31)27-14-7-6-13-19(28-22(30)16-9-4-5-10-16)20(29)15-32-21-17(25)11-8-12-18(21)26/h8,11-12,16,19H,4-7,9-10,13-15H2,1-3H3,(H,27,31)(H,28,30)/t19-/m0/s1. The summed E-state index contributed by atoms with van der Waals surface area (Å²) in [4.78, 5) is 37.0. The van der Waals surface area contributed by atoms with Crippen molar-refractivity contribution in [2.24, 2.45) is 5.92 Å². The van der Waals surface area contributed by atoms with Crippen LogP contribution in [0.15, 0.2) is 18.2 Å². The third kappa shape index (κ3) is 9.35. The third-order valence-corrected chi connectivity index (χ3v) is 5.30. The third-order valence-electron chi connectivity index (χ3n) is 5.30. The van der Waals surface area contributed by atoms with Crippen LogP contribution in [0.25, 0.3) is 0 Å². The van der Waals surface area contributed by atoms with Crippen molar-refractivity contribution in [1.29, 1.82) is 0 Å². The Labute approximate surface area is 193 Å². The quantitative estimate of drug-likeness (QED) is 0.473. The second-order valence-corrected chi connectivity index (χ2v) is 9.27. The maximum atomic E-state index is 13.8. The molecule has 1 saturated carbocycles. The molecule has 0 aromatic heterocycles. The number of rotatable bonds is 11. The Kier molecular flexibility index (Phi) is 10.1. The van der Waals surface area contributed by atoms with E-state index < -0.39 is 47.5 Å². The summed E-state index contributed by atoms with van der Waals surface area (Å²) in [6, 6.07) is 2.45. The number of unbranched alkanes of at least 4 members (excludes halogenated alkanes) is 1. The van der Waals surface area contributed by atoms with E-state index in [4.69, 9.17) is 9.47 Å². The number of halogens is 2. The van der Waals surface area contributed by atoms with E-state index in [9.17, 15) is 23.2 Å². The topological polar surface area (TPSA) is 93.7 Å². The number of amides is 2. The number of Topliss-reactive ketones (excluding diaryl/α,β-unsaturated/α-hetero) is 1. The van der Waals surface area contributed by atoms with Gasteiger partial charge in [0.15, 0.2) is 23.2 Å².